The summed E-state index contributed by atoms with van der Waals surface area (Å²) in [5.41, 5.74) is 0.0834. The third-order valence-corrected chi connectivity index (χ3v) is 6.20. The van der Waals surface area contributed by atoms with Gasteiger partial charge in [0.05, 0.1) is 17.7 Å². The maximum absolute atomic E-state index is 13.9. The molecular weight excluding hydrogens is 436 g/mol. The van der Waals surface area contributed by atoms with Crippen molar-refractivity contribution in [3.05, 3.63) is 75.5 Å². The first-order valence-electron chi connectivity index (χ1n) is 10.9. The lowest BCUT2D eigenvalue weighted by molar-refractivity contribution is -0.140. The molecular formula is C25H24F4N2O2. The quantitative estimate of drug-likeness (QED) is 0.446. The Bertz CT molecular complexity index is 1280. The topological polar surface area (TPSA) is 51.1 Å². The van der Waals surface area contributed by atoms with E-state index in [-0.39, 0.29) is 29.5 Å². The predicted octanol–water partition coefficient (Wildman–Crippen LogP) is 6.19. The predicted molar refractivity (Wildman–Crippen MR) is 119 cm³/mol. The van der Waals surface area contributed by atoms with Gasteiger partial charge in [0, 0.05) is 23.0 Å². The summed E-state index contributed by atoms with van der Waals surface area (Å²) in [6.45, 7) is 3.95. The van der Waals surface area contributed by atoms with Crippen LogP contribution in [0.1, 0.15) is 61.8 Å². The van der Waals surface area contributed by atoms with Crippen LogP contribution in [0.3, 0.4) is 0 Å². The van der Waals surface area contributed by atoms with Gasteiger partial charge in [0.25, 0.3) is 5.56 Å². The molecule has 4 rings (SSSR count). The Morgan fingerprint density at radius 1 is 1.15 bits per heavy atom. The fraction of sp³-hybridized carbons (Fsp3) is 0.360. The van der Waals surface area contributed by atoms with Crippen molar-refractivity contribution in [2.75, 3.05) is 5.32 Å². The van der Waals surface area contributed by atoms with Gasteiger partial charge in [-0.2, -0.15) is 13.2 Å². The molecule has 1 fully saturated rings. The van der Waals surface area contributed by atoms with Crippen molar-refractivity contribution < 1.29 is 22.4 Å². The number of amides is 1. The molecule has 0 radical (unpaired) electrons. The number of nitrogens with one attached hydrogen (secondary N) is 1. The number of hydrogen-bond acceptors (Lipinski definition) is 2. The van der Waals surface area contributed by atoms with E-state index in [4.69, 9.17) is 0 Å². The van der Waals surface area contributed by atoms with Crippen LogP contribution in [0.15, 0.2) is 47.4 Å². The highest BCUT2D eigenvalue weighted by molar-refractivity contribution is 6.04. The van der Waals surface area contributed by atoms with E-state index in [1.54, 1.807) is 16.8 Å². The first kappa shape index (κ1) is 23.0. The van der Waals surface area contributed by atoms with Crippen LogP contribution in [0, 0.1) is 5.82 Å². The van der Waals surface area contributed by atoms with Gasteiger partial charge in [0.2, 0.25) is 5.91 Å². The molecule has 1 amide bonds. The second kappa shape index (κ2) is 8.65. The molecule has 0 spiro atoms. The van der Waals surface area contributed by atoms with E-state index in [0.29, 0.717) is 22.5 Å². The van der Waals surface area contributed by atoms with Gasteiger partial charge in [-0.05, 0) is 67.5 Å². The lowest BCUT2D eigenvalue weighted by atomic mass is 10.0. The van der Waals surface area contributed by atoms with Crippen molar-refractivity contribution in [3.8, 4) is 0 Å². The molecule has 1 N–H and O–H groups in total. The number of hydrogen-bond donors (Lipinski definition) is 1. The molecule has 1 heterocycles. The summed E-state index contributed by atoms with van der Waals surface area (Å²) in [5.74, 6) is -1.62. The number of benzene rings is 2. The lowest BCUT2D eigenvalue weighted by Gasteiger charge is -2.17. The van der Waals surface area contributed by atoms with Gasteiger partial charge in [0.15, 0.2) is 0 Å². The highest BCUT2D eigenvalue weighted by atomic mass is 19.4. The monoisotopic (exact) mass is 460 g/mol. The molecule has 33 heavy (non-hydrogen) atoms. The van der Waals surface area contributed by atoms with E-state index in [0.717, 1.165) is 37.0 Å². The fourth-order valence-corrected chi connectivity index (χ4v) is 4.04. The van der Waals surface area contributed by atoms with Gasteiger partial charge in [-0.25, -0.2) is 4.39 Å². The largest absolute Gasteiger partial charge is 0.419 e. The van der Waals surface area contributed by atoms with Crippen molar-refractivity contribution in [2.45, 2.75) is 57.7 Å². The highest BCUT2D eigenvalue weighted by Gasteiger charge is 2.34. The molecule has 8 heteroatoms. The molecule has 1 saturated carbocycles. The first-order valence-corrected chi connectivity index (χ1v) is 10.9. The van der Waals surface area contributed by atoms with Crippen LogP contribution in [0.2, 0.25) is 0 Å². The Labute approximate surface area is 188 Å². The van der Waals surface area contributed by atoms with Gasteiger partial charge >= 0.3 is 6.18 Å². The number of aromatic nitrogens is 1. The number of alkyl halides is 3. The number of halogens is 4. The van der Waals surface area contributed by atoms with E-state index in [1.807, 2.05) is 26.0 Å². The van der Waals surface area contributed by atoms with Gasteiger partial charge in [-0.1, -0.05) is 19.1 Å². The summed E-state index contributed by atoms with van der Waals surface area (Å²) in [4.78, 5) is 25.8. The van der Waals surface area contributed by atoms with E-state index < -0.39 is 23.5 Å². The molecule has 174 valence electrons. The van der Waals surface area contributed by atoms with Crippen LogP contribution in [0.25, 0.3) is 10.8 Å². The van der Waals surface area contributed by atoms with Crippen LogP contribution in [-0.2, 0) is 17.4 Å². The maximum atomic E-state index is 13.9. The smallest absolute Gasteiger partial charge is 0.325 e. The summed E-state index contributed by atoms with van der Waals surface area (Å²) in [6.07, 6.45) is -0.630. The Morgan fingerprint density at radius 2 is 1.88 bits per heavy atom. The third-order valence-electron chi connectivity index (χ3n) is 6.20. The first-order chi connectivity index (χ1) is 15.6. The minimum Gasteiger partial charge on any atom is -0.325 e. The van der Waals surface area contributed by atoms with Crippen LogP contribution in [0.5, 0.6) is 0 Å². The zero-order valence-corrected chi connectivity index (χ0v) is 18.3. The number of pyridine rings is 1. The Balaban J connectivity index is 1.67. The van der Waals surface area contributed by atoms with E-state index in [2.05, 4.69) is 5.32 Å². The van der Waals surface area contributed by atoms with Crippen LogP contribution in [0.4, 0.5) is 23.2 Å². The van der Waals surface area contributed by atoms with E-state index in [1.165, 1.54) is 0 Å². The second-order valence-electron chi connectivity index (χ2n) is 8.59. The van der Waals surface area contributed by atoms with Crippen molar-refractivity contribution in [2.24, 2.45) is 0 Å². The molecule has 0 aliphatic heterocycles. The molecule has 1 aromatic heterocycles. The van der Waals surface area contributed by atoms with E-state index in [9.17, 15) is 27.2 Å². The maximum Gasteiger partial charge on any atom is 0.419 e. The molecule has 2 aromatic carbocycles. The summed E-state index contributed by atoms with van der Waals surface area (Å²) < 4.78 is 53.9. The minimum absolute atomic E-state index is 0.0256. The van der Waals surface area contributed by atoms with Crippen LogP contribution in [-0.4, -0.2) is 10.5 Å². The number of anilines is 1. The molecule has 3 aromatic rings. The second-order valence-corrected chi connectivity index (χ2v) is 8.59. The number of rotatable bonds is 6. The molecule has 0 unspecified atom stereocenters. The van der Waals surface area contributed by atoms with Crippen molar-refractivity contribution in [1.29, 1.82) is 0 Å². The van der Waals surface area contributed by atoms with Gasteiger partial charge in [0.1, 0.15) is 5.82 Å². The molecule has 1 aliphatic carbocycles. The van der Waals surface area contributed by atoms with Gasteiger partial charge in [-0.3, -0.25) is 9.59 Å². The lowest BCUT2D eigenvalue weighted by Crippen LogP contribution is -2.23. The number of nitrogens with zero attached hydrogens (tertiary/aromatic N) is 1. The summed E-state index contributed by atoms with van der Waals surface area (Å²) in [6, 6.07) is 7.95. The van der Waals surface area contributed by atoms with Gasteiger partial charge < -0.3 is 9.88 Å². The Morgan fingerprint density at radius 3 is 2.48 bits per heavy atom. The fourth-order valence-electron chi connectivity index (χ4n) is 4.04. The number of carbonyl (C=O) groups excluding carboxylic acids is 1. The standard InChI is InChI=1S/C25H24F4N2O2/c1-3-14(2)31-11-10-18-19(24(31)33)8-7-17(16-5-6-16)23(18)30-22(32)13-15-4-9-20(21(26)12-15)25(27,28)29/h4,7-12,14,16H,3,5-6,13H2,1-2H3,(H,30,32)/t14-/m1/s1. The van der Waals surface area contributed by atoms with Crippen molar-refractivity contribution >= 4 is 22.4 Å². The zero-order chi connectivity index (χ0) is 23.9. The van der Waals surface area contributed by atoms with Crippen molar-refractivity contribution in [1.82, 2.24) is 4.57 Å². The van der Waals surface area contributed by atoms with Gasteiger partial charge in [-0.15, -0.1) is 0 Å². The minimum atomic E-state index is -4.80. The average Bonchev–Trinajstić information content (AvgIpc) is 3.58. The third kappa shape index (κ3) is 4.65. The SMILES string of the molecule is CC[C@@H](C)n1ccc2c(NC(=O)Cc3ccc(C(F)(F)F)c(F)c3)c(C3CC3)ccc2c1=O. The molecule has 0 saturated heterocycles. The number of fused-ring (bicyclic) bond motifs is 1. The molecule has 4 nitrogen and oxygen atoms in total. The normalized spacial score (nSPS) is 15.0. The molecule has 0 bridgehead atoms. The molecule has 1 aliphatic rings. The number of carbonyl (C=O) groups is 1. The Hall–Kier alpha value is -3.16. The summed E-state index contributed by atoms with van der Waals surface area (Å²) in [7, 11) is 0. The van der Waals surface area contributed by atoms with Crippen molar-refractivity contribution in [3.63, 3.8) is 0 Å². The zero-order valence-electron chi connectivity index (χ0n) is 18.3. The molecule has 1 atom stereocenters. The van der Waals surface area contributed by atoms with Crippen LogP contribution < -0.4 is 10.9 Å². The summed E-state index contributed by atoms with van der Waals surface area (Å²) in [5, 5.41) is 3.95. The average molecular weight is 460 g/mol. The Kier molecular flexibility index (Phi) is 6.03. The summed E-state index contributed by atoms with van der Waals surface area (Å²) >= 11 is 0. The highest BCUT2D eigenvalue weighted by Crippen LogP contribution is 2.45. The van der Waals surface area contributed by atoms with Crippen LogP contribution >= 0.6 is 0 Å². The van der Waals surface area contributed by atoms with E-state index >= 15 is 0 Å².